The van der Waals surface area contributed by atoms with E-state index in [1.165, 1.54) is 23.8 Å². The van der Waals surface area contributed by atoms with Crippen LogP contribution in [0.1, 0.15) is 35.2 Å². The molecule has 0 aliphatic carbocycles. The number of nitrogens with one attached hydrogen (secondary N) is 2. The third-order valence-electron chi connectivity index (χ3n) is 5.87. The first-order chi connectivity index (χ1) is 14.6. The number of hydrogen-bond acceptors (Lipinski definition) is 4. The van der Waals surface area contributed by atoms with E-state index in [1.54, 1.807) is 0 Å². The number of aryl methyl sites for hydroxylation is 1. The zero-order valence-electron chi connectivity index (χ0n) is 17.4. The minimum absolute atomic E-state index is 0.306. The lowest BCUT2D eigenvalue weighted by Crippen LogP contribution is -2.48. The molecule has 0 radical (unpaired) electrons. The lowest BCUT2D eigenvalue weighted by molar-refractivity contribution is -0.136. The molecule has 2 N–H and O–H groups in total. The van der Waals surface area contributed by atoms with Crippen LogP contribution in [0.4, 0.5) is 4.79 Å². The van der Waals surface area contributed by atoms with Crippen molar-refractivity contribution in [3.63, 3.8) is 0 Å². The first kappa shape index (κ1) is 20.2. The summed E-state index contributed by atoms with van der Waals surface area (Å²) in [5.41, 5.74) is 5.78. The maximum atomic E-state index is 12.7. The Morgan fingerprint density at radius 2 is 1.87 bits per heavy atom. The minimum Gasteiger partial charge on any atom is -0.466 e. The van der Waals surface area contributed by atoms with Crippen molar-refractivity contribution >= 4 is 12.0 Å². The molecule has 0 spiro atoms. The fourth-order valence-electron chi connectivity index (χ4n) is 4.20. The second kappa shape index (κ2) is 8.71. The molecule has 0 saturated heterocycles. The summed E-state index contributed by atoms with van der Waals surface area (Å²) in [5, 5.41) is 5.75. The molecular weight excluding hydrogens is 378 g/mol. The van der Waals surface area contributed by atoms with Crippen LogP contribution in [-0.4, -0.2) is 37.1 Å². The number of carbonyl (C=O) groups excluding carboxylic acids is 2. The highest BCUT2D eigenvalue weighted by atomic mass is 16.5. The van der Waals surface area contributed by atoms with E-state index in [4.69, 9.17) is 4.74 Å². The van der Waals surface area contributed by atoms with Gasteiger partial charge in [0.15, 0.2) is 0 Å². The maximum absolute atomic E-state index is 12.7. The van der Waals surface area contributed by atoms with Crippen molar-refractivity contribution in [2.45, 2.75) is 32.4 Å². The van der Waals surface area contributed by atoms with E-state index >= 15 is 0 Å². The molecule has 2 heterocycles. The Hall–Kier alpha value is -3.12. The number of carbonyl (C=O) groups is 2. The summed E-state index contributed by atoms with van der Waals surface area (Å²) in [6, 6.07) is 15.5. The summed E-state index contributed by atoms with van der Waals surface area (Å²) in [6.45, 7) is 4.23. The molecule has 0 unspecified atom stereocenters. The molecule has 2 aromatic carbocycles. The van der Waals surface area contributed by atoms with Crippen molar-refractivity contribution < 1.29 is 14.3 Å². The molecule has 0 aromatic heterocycles. The number of amides is 2. The number of esters is 1. The van der Waals surface area contributed by atoms with Crippen LogP contribution in [0.5, 0.6) is 0 Å². The van der Waals surface area contributed by atoms with Gasteiger partial charge in [0.05, 0.1) is 18.7 Å². The molecule has 1 atom stereocenters. The van der Waals surface area contributed by atoms with Gasteiger partial charge in [0, 0.05) is 25.3 Å². The van der Waals surface area contributed by atoms with Crippen LogP contribution < -0.4 is 10.6 Å². The standard InChI is InChI=1S/C24H27N3O3/c1-3-16-8-10-18(11-9-16)22-21(23(28)30-2)20(25-24(29)26-22)15-27-13-12-17-6-4-5-7-19(17)14-27/h4-11,22H,3,12-15H2,1-2H3,(H2,25,26,29)/t22-/m1/s1. The smallest absolute Gasteiger partial charge is 0.338 e. The zero-order valence-corrected chi connectivity index (χ0v) is 17.4. The van der Waals surface area contributed by atoms with Gasteiger partial charge >= 0.3 is 12.0 Å². The monoisotopic (exact) mass is 405 g/mol. The van der Waals surface area contributed by atoms with Gasteiger partial charge in [0.25, 0.3) is 0 Å². The molecule has 2 amide bonds. The largest absolute Gasteiger partial charge is 0.466 e. The molecule has 2 aliphatic rings. The number of rotatable bonds is 5. The molecule has 6 nitrogen and oxygen atoms in total. The van der Waals surface area contributed by atoms with Gasteiger partial charge in [0.1, 0.15) is 0 Å². The number of urea groups is 1. The van der Waals surface area contributed by atoms with E-state index in [2.05, 4.69) is 40.7 Å². The molecule has 2 aromatic rings. The number of methoxy groups -OCH3 is 1. The van der Waals surface area contributed by atoms with Crippen LogP contribution in [0, 0.1) is 0 Å². The average molecular weight is 405 g/mol. The SMILES string of the molecule is CCc1ccc([C@H]2NC(=O)NC(CN3CCc4ccccc4C3)=C2C(=O)OC)cc1. The number of benzene rings is 2. The Morgan fingerprint density at radius 1 is 1.13 bits per heavy atom. The minimum atomic E-state index is -0.538. The van der Waals surface area contributed by atoms with Gasteiger partial charge in [-0.15, -0.1) is 0 Å². The van der Waals surface area contributed by atoms with E-state index in [9.17, 15) is 9.59 Å². The highest BCUT2D eigenvalue weighted by Gasteiger charge is 2.34. The Labute approximate surface area is 176 Å². The summed E-state index contributed by atoms with van der Waals surface area (Å²) in [5.74, 6) is -0.431. The van der Waals surface area contributed by atoms with Crippen molar-refractivity contribution in [3.05, 3.63) is 82.1 Å². The van der Waals surface area contributed by atoms with Crippen LogP contribution in [0.3, 0.4) is 0 Å². The van der Waals surface area contributed by atoms with Crippen LogP contribution in [0.2, 0.25) is 0 Å². The lowest BCUT2D eigenvalue weighted by Gasteiger charge is -2.34. The number of nitrogens with zero attached hydrogens (tertiary/aromatic N) is 1. The third kappa shape index (κ3) is 4.09. The van der Waals surface area contributed by atoms with E-state index < -0.39 is 12.0 Å². The first-order valence-corrected chi connectivity index (χ1v) is 10.4. The highest BCUT2D eigenvalue weighted by molar-refractivity contribution is 5.95. The Balaban J connectivity index is 1.66. The second-order valence-corrected chi connectivity index (χ2v) is 7.74. The van der Waals surface area contributed by atoms with Gasteiger partial charge in [-0.05, 0) is 35.1 Å². The summed E-state index contributed by atoms with van der Waals surface area (Å²) >= 11 is 0. The Bertz CT molecular complexity index is 981. The zero-order chi connectivity index (χ0) is 21.1. The summed E-state index contributed by atoms with van der Waals surface area (Å²) in [4.78, 5) is 27.4. The van der Waals surface area contributed by atoms with E-state index in [0.717, 1.165) is 31.5 Å². The van der Waals surface area contributed by atoms with Crippen molar-refractivity contribution in [2.75, 3.05) is 20.2 Å². The summed E-state index contributed by atoms with van der Waals surface area (Å²) < 4.78 is 5.09. The van der Waals surface area contributed by atoms with Gasteiger partial charge in [-0.25, -0.2) is 9.59 Å². The molecule has 0 fully saturated rings. The quantitative estimate of drug-likeness (QED) is 0.750. The van der Waals surface area contributed by atoms with E-state index in [1.807, 2.05) is 30.3 Å². The van der Waals surface area contributed by atoms with Gasteiger partial charge < -0.3 is 15.4 Å². The summed E-state index contributed by atoms with van der Waals surface area (Å²) in [6.07, 6.45) is 1.88. The second-order valence-electron chi connectivity index (χ2n) is 7.74. The molecule has 30 heavy (non-hydrogen) atoms. The Kier molecular flexibility index (Phi) is 5.86. The molecule has 2 aliphatic heterocycles. The fourth-order valence-corrected chi connectivity index (χ4v) is 4.20. The fraction of sp³-hybridized carbons (Fsp3) is 0.333. The van der Waals surface area contributed by atoms with Crippen molar-refractivity contribution in [1.29, 1.82) is 0 Å². The molecule has 0 bridgehead atoms. The number of ether oxygens (including phenoxy) is 1. The highest BCUT2D eigenvalue weighted by Crippen LogP contribution is 2.29. The normalized spacial score (nSPS) is 19.0. The van der Waals surface area contributed by atoms with Gasteiger partial charge in [-0.1, -0.05) is 55.5 Å². The predicted molar refractivity (Wildman–Crippen MR) is 115 cm³/mol. The van der Waals surface area contributed by atoms with Crippen LogP contribution in [0.25, 0.3) is 0 Å². The molecule has 4 rings (SSSR count). The lowest BCUT2D eigenvalue weighted by atomic mass is 9.93. The number of hydrogen-bond donors (Lipinski definition) is 2. The van der Waals surface area contributed by atoms with Crippen LogP contribution in [-0.2, 0) is 28.9 Å². The topological polar surface area (TPSA) is 70.7 Å². The molecule has 156 valence electrons. The predicted octanol–water partition coefficient (Wildman–Crippen LogP) is 3.09. The van der Waals surface area contributed by atoms with Crippen molar-refractivity contribution in [2.24, 2.45) is 0 Å². The average Bonchev–Trinajstić information content (AvgIpc) is 2.78. The third-order valence-corrected chi connectivity index (χ3v) is 5.87. The van der Waals surface area contributed by atoms with Gasteiger partial charge in [0.2, 0.25) is 0 Å². The molecule has 0 saturated carbocycles. The van der Waals surface area contributed by atoms with Crippen molar-refractivity contribution in [3.8, 4) is 0 Å². The maximum Gasteiger partial charge on any atom is 0.338 e. The molecule has 6 heteroatoms. The van der Waals surface area contributed by atoms with E-state index in [0.29, 0.717) is 17.8 Å². The van der Waals surface area contributed by atoms with E-state index in [-0.39, 0.29) is 6.03 Å². The Morgan fingerprint density at radius 3 is 2.57 bits per heavy atom. The van der Waals surface area contributed by atoms with Crippen LogP contribution >= 0.6 is 0 Å². The number of fused-ring (bicyclic) bond motifs is 1. The first-order valence-electron chi connectivity index (χ1n) is 10.4. The van der Waals surface area contributed by atoms with Crippen LogP contribution in [0.15, 0.2) is 59.8 Å². The van der Waals surface area contributed by atoms with Crippen molar-refractivity contribution in [1.82, 2.24) is 15.5 Å². The molecular formula is C24H27N3O3. The van der Waals surface area contributed by atoms with Gasteiger partial charge in [-0.2, -0.15) is 0 Å². The summed E-state index contributed by atoms with van der Waals surface area (Å²) in [7, 11) is 1.37. The van der Waals surface area contributed by atoms with Gasteiger partial charge in [-0.3, -0.25) is 4.90 Å².